The van der Waals surface area contributed by atoms with Crippen LogP contribution in [0.25, 0.3) is 0 Å². The zero-order valence-electron chi connectivity index (χ0n) is 10.5. The largest absolute Gasteiger partial charge is 0.336 e. The number of hydrogen-bond acceptors (Lipinski definition) is 3. The van der Waals surface area contributed by atoms with E-state index < -0.39 is 0 Å². The highest BCUT2D eigenvalue weighted by molar-refractivity contribution is 5.94. The molecule has 5 nitrogen and oxygen atoms in total. The lowest BCUT2D eigenvalue weighted by Crippen LogP contribution is -2.47. The van der Waals surface area contributed by atoms with Crippen LogP contribution in [-0.2, 0) is 7.05 Å². The van der Waals surface area contributed by atoms with Crippen molar-refractivity contribution in [2.24, 2.45) is 18.7 Å². The van der Waals surface area contributed by atoms with Crippen LogP contribution in [0.1, 0.15) is 30.1 Å². The average Bonchev–Trinajstić information content (AvgIpc) is 2.76. The summed E-state index contributed by atoms with van der Waals surface area (Å²) < 4.78 is 1.66. The Bertz CT molecular complexity index is 401. The van der Waals surface area contributed by atoms with Crippen molar-refractivity contribution >= 4 is 5.91 Å². The third-order valence-corrected chi connectivity index (χ3v) is 3.53. The lowest BCUT2D eigenvalue weighted by Gasteiger charge is -2.37. The van der Waals surface area contributed by atoms with Gasteiger partial charge in [0.2, 0.25) is 0 Å². The van der Waals surface area contributed by atoms with Gasteiger partial charge in [0.15, 0.2) is 0 Å². The molecule has 17 heavy (non-hydrogen) atoms. The van der Waals surface area contributed by atoms with E-state index in [2.05, 4.69) is 12.0 Å². The molecular weight excluding hydrogens is 216 g/mol. The van der Waals surface area contributed by atoms with Crippen LogP contribution in [0.2, 0.25) is 0 Å². The van der Waals surface area contributed by atoms with Crippen molar-refractivity contribution in [2.75, 3.05) is 13.1 Å². The molecule has 0 spiro atoms. The molecule has 1 saturated heterocycles. The Hall–Kier alpha value is -1.36. The second kappa shape index (κ2) is 4.87. The first-order valence-electron chi connectivity index (χ1n) is 6.11. The van der Waals surface area contributed by atoms with Gasteiger partial charge in [0.1, 0.15) is 0 Å². The third-order valence-electron chi connectivity index (χ3n) is 3.53. The molecule has 1 aliphatic heterocycles. The van der Waals surface area contributed by atoms with E-state index in [1.165, 1.54) is 0 Å². The van der Waals surface area contributed by atoms with Crippen molar-refractivity contribution < 1.29 is 4.79 Å². The molecule has 94 valence electrons. The van der Waals surface area contributed by atoms with Gasteiger partial charge in [-0.1, -0.05) is 0 Å². The highest BCUT2D eigenvalue weighted by atomic mass is 16.2. The van der Waals surface area contributed by atoms with Crippen LogP contribution in [-0.4, -0.2) is 39.7 Å². The smallest absolute Gasteiger partial charge is 0.257 e. The number of nitrogens with two attached hydrogens (primary N) is 1. The van der Waals surface area contributed by atoms with Crippen LogP contribution < -0.4 is 5.73 Å². The van der Waals surface area contributed by atoms with Gasteiger partial charge in [-0.15, -0.1) is 0 Å². The average molecular weight is 236 g/mol. The summed E-state index contributed by atoms with van der Waals surface area (Å²) in [6, 6.07) is 0.297. The zero-order chi connectivity index (χ0) is 12.4. The van der Waals surface area contributed by atoms with E-state index >= 15 is 0 Å². The van der Waals surface area contributed by atoms with Gasteiger partial charge in [-0.2, -0.15) is 5.10 Å². The zero-order valence-corrected chi connectivity index (χ0v) is 10.5. The normalized spacial score (nSPS) is 25.0. The van der Waals surface area contributed by atoms with E-state index in [0.29, 0.717) is 24.1 Å². The predicted octanol–water partition coefficient (Wildman–Crippen LogP) is 0.620. The van der Waals surface area contributed by atoms with Crippen LogP contribution >= 0.6 is 0 Å². The number of carbonyl (C=O) groups excluding carboxylic acids is 1. The number of aryl methyl sites for hydroxylation is 1. The molecule has 2 atom stereocenters. The fourth-order valence-electron chi connectivity index (χ4n) is 2.36. The Balaban J connectivity index is 2.12. The van der Waals surface area contributed by atoms with Crippen LogP contribution in [0.15, 0.2) is 12.4 Å². The van der Waals surface area contributed by atoms with Gasteiger partial charge in [-0.05, 0) is 32.2 Å². The highest BCUT2D eigenvalue weighted by Crippen LogP contribution is 2.22. The van der Waals surface area contributed by atoms with Gasteiger partial charge in [0.05, 0.1) is 11.8 Å². The molecule has 1 aliphatic rings. The number of carbonyl (C=O) groups is 1. The topological polar surface area (TPSA) is 64.2 Å². The molecule has 0 bridgehead atoms. The summed E-state index contributed by atoms with van der Waals surface area (Å²) >= 11 is 0. The number of piperidine rings is 1. The van der Waals surface area contributed by atoms with Crippen LogP contribution in [0, 0.1) is 5.92 Å². The van der Waals surface area contributed by atoms with Crippen molar-refractivity contribution in [3.63, 3.8) is 0 Å². The minimum atomic E-state index is 0.0729. The van der Waals surface area contributed by atoms with Crippen molar-refractivity contribution in [3.05, 3.63) is 18.0 Å². The fraction of sp³-hybridized carbons (Fsp3) is 0.667. The standard InChI is InChI=1S/C12H20N4O/c1-9-3-4-10(5-13)7-16(9)12(17)11-6-14-15(2)8-11/h6,8-10H,3-5,7,13H2,1-2H3. The maximum Gasteiger partial charge on any atom is 0.257 e. The SMILES string of the molecule is CC1CCC(CN)CN1C(=O)c1cnn(C)c1. The minimum absolute atomic E-state index is 0.0729. The molecule has 0 radical (unpaired) electrons. The summed E-state index contributed by atoms with van der Waals surface area (Å²) in [5.41, 5.74) is 6.36. The fourth-order valence-corrected chi connectivity index (χ4v) is 2.36. The molecule has 0 aliphatic carbocycles. The molecule has 0 saturated carbocycles. The van der Waals surface area contributed by atoms with Crippen molar-refractivity contribution in [2.45, 2.75) is 25.8 Å². The predicted molar refractivity (Wildman–Crippen MR) is 65.5 cm³/mol. The number of rotatable bonds is 2. The van der Waals surface area contributed by atoms with Crippen molar-refractivity contribution in [1.82, 2.24) is 14.7 Å². The van der Waals surface area contributed by atoms with Gasteiger partial charge in [0, 0.05) is 25.8 Å². The second-order valence-corrected chi connectivity index (χ2v) is 4.89. The number of hydrogen-bond donors (Lipinski definition) is 1. The maximum atomic E-state index is 12.3. The van der Waals surface area contributed by atoms with Crippen molar-refractivity contribution in [1.29, 1.82) is 0 Å². The molecule has 2 unspecified atom stereocenters. The minimum Gasteiger partial charge on any atom is -0.336 e. The van der Waals surface area contributed by atoms with Crippen LogP contribution in [0.5, 0.6) is 0 Å². The van der Waals surface area contributed by atoms with Crippen LogP contribution in [0.3, 0.4) is 0 Å². The lowest BCUT2D eigenvalue weighted by molar-refractivity contribution is 0.0567. The van der Waals surface area contributed by atoms with Gasteiger partial charge in [-0.25, -0.2) is 0 Å². The van der Waals surface area contributed by atoms with E-state index in [0.717, 1.165) is 19.4 Å². The lowest BCUT2D eigenvalue weighted by atomic mass is 9.93. The maximum absolute atomic E-state index is 12.3. The second-order valence-electron chi connectivity index (χ2n) is 4.89. The van der Waals surface area contributed by atoms with Crippen LogP contribution in [0.4, 0.5) is 0 Å². The van der Waals surface area contributed by atoms with E-state index in [1.807, 2.05) is 11.9 Å². The number of aromatic nitrogens is 2. The molecule has 1 fully saturated rings. The van der Waals surface area contributed by atoms with E-state index in [-0.39, 0.29) is 5.91 Å². The van der Waals surface area contributed by atoms with E-state index in [4.69, 9.17) is 5.73 Å². The molecule has 5 heteroatoms. The van der Waals surface area contributed by atoms with E-state index in [1.54, 1.807) is 17.1 Å². The van der Waals surface area contributed by atoms with E-state index in [9.17, 15) is 4.79 Å². The highest BCUT2D eigenvalue weighted by Gasteiger charge is 2.29. The Labute approximate surface area is 102 Å². The quantitative estimate of drug-likeness (QED) is 0.818. The summed E-state index contributed by atoms with van der Waals surface area (Å²) in [5.74, 6) is 0.510. The molecule has 2 heterocycles. The summed E-state index contributed by atoms with van der Waals surface area (Å²) in [6.45, 7) is 3.52. The summed E-state index contributed by atoms with van der Waals surface area (Å²) in [7, 11) is 1.82. The molecule has 1 aromatic rings. The summed E-state index contributed by atoms with van der Waals surface area (Å²) in [5, 5.41) is 4.04. The van der Waals surface area contributed by atoms with Crippen molar-refractivity contribution in [3.8, 4) is 0 Å². The molecule has 1 amide bonds. The Kier molecular flexibility index (Phi) is 3.47. The number of amides is 1. The Morgan fingerprint density at radius 3 is 2.94 bits per heavy atom. The van der Waals surface area contributed by atoms with Gasteiger partial charge in [0.25, 0.3) is 5.91 Å². The number of likely N-dealkylation sites (tertiary alicyclic amines) is 1. The summed E-state index contributed by atoms with van der Waals surface area (Å²) in [4.78, 5) is 14.2. The Morgan fingerprint density at radius 2 is 2.35 bits per heavy atom. The first kappa shape index (κ1) is 12.1. The molecular formula is C12H20N4O. The van der Waals surface area contributed by atoms with Gasteiger partial charge >= 0.3 is 0 Å². The monoisotopic (exact) mass is 236 g/mol. The molecule has 0 aromatic carbocycles. The Morgan fingerprint density at radius 1 is 1.59 bits per heavy atom. The third kappa shape index (κ3) is 2.49. The van der Waals surface area contributed by atoms with Gasteiger partial charge < -0.3 is 10.6 Å². The first-order valence-corrected chi connectivity index (χ1v) is 6.11. The molecule has 1 aromatic heterocycles. The summed E-state index contributed by atoms with van der Waals surface area (Å²) in [6.07, 6.45) is 5.55. The molecule has 2 N–H and O–H groups in total. The first-order chi connectivity index (χ1) is 8.11. The number of nitrogens with zero attached hydrogens (tertiary/aromatic N) is 3. The van der Waals surface area contributed by atoms with Gasteiger partial charge in [-0.3, -0.25) is 9.48 Å². The molecule has 2 rings (SSSR count).